The maximum atomic E-state index is 5.99. The van der Waals surface area contributed by atoms with Crippen molar-refractivity contribution in [2.45, 2.75) is 19.9 Å². The minimum atomic E-state index is 0.688. The van der Waals surface area contributed by atoms with Crippen LogP contribution < -0.4 is 5.32 Å². The Morgan fingerprint density at radius 2 is 2.10 bits per heavy atom. The lowest BCUT2D eigenvalue weighted by molar-refractivity contribution is 1.05. The van der Waals surface area contributed by atoms with Gasteiger partial charge in [0.1, 0.15) is 5.65 Å². The van der Waals surface area contributed by atoms with Crippen molar-refractivity contribution >= 4 is 38.9 Å². The third-order valence-corrected chi connectivity index (χ3v) is 4.09. The molecule has 108 valence electrons. The summed E-state index contributed by atoms with van der Waals surface area (Å²) >= 11 is 9.49. The van der Waals surface area contributed by atoms with E-state index in [0.29, 0.717) is 11.6 Å². The molecule has 3 aromatic rings. The Balaban J connectivity index is 1.80. The van der Waals surface area contributed by atoms with E-state index in [-0.39, 0.29) is 0 Å². The Hall–Kier alpha value is -1.52. The highest BCUT2D eigenvalue weighted by atomic mass is 79.9. The molecule has 5 heteroatoms. The van der Waals surface area contributed by atoms with E-state index in [4.69, 9.17) is 11.6 Å². The minimum absolute atomic E-state index is 0.688. The molecule has 0 aliphatic heterocycles. The number of pyridine rings is 1. The molecule has 0 atom stereocenters. The number of aromatic nitrogens is 2. The summed E-state index contributed by atoms with van der Waals surface area (Å²) in [5.74, 6) is 0. The molecule has 1 aromatic carbocycles. The maximum absolute atomic E-state index is 5.99. The normalized spacial score (nSPS) is 11.0. The second-order valence-electron chi connectivity index (χ2n) is 4.85. The molecule has 0 bridgehead atoms. The first kappa shape index (κ1) is 14.4. The largest absolute Gasteiger partial charge is 0.379 e. The number of halogens is 2. The van der Waals surface area contributed by atoms with Crippen molar-refractivity contribution < 1.29 is 0 Å². The summed E-state index contributed by atoms with van der Waals surface area (Å²) in [5.41, 5.74) is 4.33. The van der Waals surface area contributed by atoms with Gasteiger partial charge >= 0.3 is 0 Å². The second-order valence-corrected chi connectivity index (χ2v) is 6.21. The van der Waals surface area contributed by atoms with E-state index in [1.54, 1.807) is 0 Å². The van der Waals surface area contributed by atoms with Crippen LogP contribution in [0.4, 0.5) is 5.69 Å². The second kappa shape index (κ2) is 6.08. The highest BCUT2D eigenvalue weighted by Crippen LogP contribution is 2.22. The average molecular weight is 365 g/mol. The summed E-state index contributed by atoms with van der Waals surface area (Å²) in [6.45, 7) is 2.84. The summed E-state index contributed by atoms with van der Waals surface area (Å²) < 4.78 is 3.05. The van der Waals surface area contributed by atoms with Crippen LogP contribution in [0.1, 0.15) is 18.2 Å². The summed E-state index contributed by atoms with van der Waals surface area (Å²) in [4.78, 5) is 4.57. The molecule has 3 nitrogen and oxygen atoms in total. The van der Waals surface area contributed by atoms with Crippen molar-refractivity contribution in [2.24, 2.45) is 0 Å². The molecule has 0 radical (unpaired) electrons. The van der Waals surface area contributed by atoms with Gasteiger partial charge in [0, 0.05) is 22.6 Å². The summed E-state index contributed by atoms with van der Waals surface area (Å²) in [7, 11) is 0. The topological polar surface area (TPSA) is 29.3 Å². The van der Waals surface area contributed by atoms with Crippen LogP contribution in [0, 0.1) is 0 Å². The fourth-order valence-electron chi connectivity index (χ4n) is 2.32. The predicted octanol–water partition coefficient (Wildman–Crippen LogP) is 4.92. The number of benzene rings is 1. The number of fused-ring (bicyclic) bond motifs is 1. The molecular formula is C16H15BrClN3. The minimum Gasteiger partial charge on any atom is -0.379 e. The Morgan fingerprint density at radius 1 is 1.24 bits per heavy atom. The molecule has 0 aliphatic carbocycles. The van der Waals surface area contributed by atoms with E-state index in [9.17, 15) is 0 Å². The molecule has 0 aliphatic rings. The van der Waals surface area contributed by atoms with Crippen molar-refractivity contribution in [2.75, 3.05) is 5.32 Å². The third-order valence-electron chi connectivity index (χ3n) is 3.37. The smallest absolute Gasteiger partial charge is 0.137 e. The maximum Gasteiger partial charge on any atom is 0.137 e. The number of rotatable bonds is 4. The standard InChI is InChI=1S/C16H15BrClN3/c1-2-11-7-12(17)3-5-15(11)19-8-14-10-21-9-13(18)4-6-16(21)20-14/h3-7,9-10,19H,2,8H2,1H3. The van der Waals surface area contributed by atoms with Gasteiger partial charge in [-0.3, -0.25) is 0 Å². The Labute approximate surface area is 137 Å². The van der Waals surface area contributed by atoms with Crippen LogP contribution in [0.5, 0.6) is 0 Å². The Kier molecular flexibility index (Phi) is 4.17. The van der Waals surface area contributed by atoms with Crippen LogP contribution in [0.2, 0.25) is 5.02 Å². The van der Waals surface area contributed by atoms with Crippen molar-refractivity contribution in [1.82, 2.24) is 9.38 Å². The lowest BCUT2D eigenvalue weighted by atomic mass is 10.1. The van der Waals surface area contributed by atoms with E-state index in [0.717, 1.165) is 27.9 Å². The number of anilines is 1. The number of hydrogen-bond acceptors (Lipinski definition) is 2. The molecule has 0 saturated carbocycles. The monoisotopic (exact) mass is 363 g/mol. The highest BCUT2D eigenvalue weighted by molar-refractivity contribution is 9.10. The van der Waals surface area contributed by atoms with E-state index in [1.807, 2.05) is 35.0 Å². The van der Waals surface area contributed by atoms with Gasteiger partial charge < -0.3 is 9.72 Å². The molecular weight excluding hydrogens is 350 g/mol. The molecule has 0 unspecified atom stereocenters. The van der Waals surface area contributed by atoms with E-state index < -0.39 is 0 Å². The van der Waals surface area contributed by atoms with Gasteiger partial charge in [0.15, 0.2) is 0 Å². The molecule has 0 fully saturated rings. The molecule has 0 saturated heterocycles. The Bertz CT molecular complexity index is 782. The van der Waals surface area contributed by atoms with Gasteiger partial charge in [-0.05, 0) is 42.3 Å². The van der Waals surface area contributed by atoms with Crippen molar-refractivity contribution in [3.63, 3.8) is 0 Å². The van der Waals surface area contributed by atoms with Gasteiger partial charge in [0.2, 0.25) is 0 Å². The third kappa shape index (κ3) is 3.22. The van der Waals surface area contributed by atoms with Crippen LogP contribution in [-0.4, -0.2) is 9.38 Å². The van der Waals surface area contributed by atoms with Crippen LogP contribution >= 0.6 is 27.5 Å². The SMILES string of the molecule is CCc1cc(Br)ccc1NCc1cn2cc(Cl)ccc2n1. The molecule has 1 N–H and O–H groups in total. The fourth-order valence-corrected chi connectivity index (χ4v) is 2.89. The highest BCUT2D eigenvalue weighted by Gasteiger charge is 2.05. The molecule has 21 heavy (non-hydrogen) atoms. The van der Waals surface area contributed by atoms with Gasteiger partial charge in [-0.2, -0.15) is 0 Å². The first-order valence-corrected chi connectivity index (χ1v) is 7.98. The zero-order valence-corrected chi connectivity index (χ0v) is 13.9. The van der Waals surface area contributed by atoms with Crippen LogP contribution in [0.3, 0.4) is 0 Å². The summed E-state index contributed by atoms with van der Waals surface area (Å²) in [6.07, 6.45) is 4.85. The van der Waals surface area contributed by atoms with Crippen LogP contribution in [0.15, 0.2) is 47.2 Å². The van der Waals surface area contributed by atoms with Crippen molar-refractivity contribution in [3.05, 3.63) is 63.5 Å². The number of nitrogens with one attached hydrogen (secondary N) is 1. The van der Waals surface area contributed by atoms with Gasteiger partial charge in [0.25, 0.3) is 0 Å². The van der Waals surface area contributed by atoms with Gasteiger partial charge in [-0.1, -0.05) is 34.5 Å². The first-order chi connectivity index (χ1) is 10.2. The lowest BCUT2D eigenvalue weighted by Crippen LogP contribution is -2.02. The summed E-state index contributed by atoms with van der Waals surface area (Å²) in [5, 5.41) is 4.16. The lowest BCUT2D eigenvalue weighted by Gasteiger charge is -2.10. The van der Waals surface area contributed by atoms with Gasteiger partial charge in [0.05, 0.1) is 17.3 Å². The molecule has 0 spiro atoms. The molecule has 2 aromatic heterocycles. The quantitative estimate of drug-likeness (QED) is 0.711. The van der Waals surface area contributed by atoms with Crippen molar-refractivity contribution in [3.8, 4) is 0 Å². The fraction of sp³-hybridized carbons (Fsp3) is 0.188. The van der Waals surface area contributed by atoms with Crippen molar-refractivity contribution in [1.29, 1.82) is 0 Å². The zero-order valence-electron chi connectivity index (χ0n) is 11.6. The zero-order chi connectivity index (χ0) is 14.8. The molecule has 2 heterocycles. The average Bonchev–Trinajstić information content (AvgIpc) is 2.87. The number of nitrogens with zero attached hydrogens (tertiary/aromatic N) is 2. The molecule has 3 rings (SSSR count). The molecule has 0 amide bonds. The van der Waals surface area contributed by atoms with Gasteiger partial charge in [-0.15, -0.1) is 0 Å². The number of imidazole rings is 1. The van der Waals surface area contributed by atoms with E-state index in [1.165, 1.54) is 5.56 Å². The first-order valence-electron chi connectivity index (χ1n) is 6.81. The summed E-state index contributed by atoms with van der Waals surface area (Å²) in [6, 6.07) is 10.1. The Morgan fingerprint density at radius 3 is 2.90 bits per heavy atom. The number of hydrogen-bond donors (Lipinski definition) is 1. The van der Waals surface area contributed by atoms with Crippen LogP contribution in [-0.2, 0) is 13.0 Å². The van der Waals surface area contributed by atoms with E-state index in [2.05, 4.69) is 45.3 Å². The number of aryl methyl sites for hydroxylation is 1. The van der Waals surface area contributed by atoms with Crippen LogP contribution in [0.25, 0.3) is 5.65 Å². The predicted molar refractivity (Wildman–Crippen MR) is 91.0 cm³/mol. The van der Waals surface area contributed by atoms with Gasteiger partial charge in [-0.25, -0.2) is 4.98 Å². The van der Waals surface area contributed by atoms with E-state index >= 15 is 0 Å².